The maximum atomic E-state index is 14.2. The number of nitrogens with two attached hydrogens (primary N) is 2. The van der Waals surface area contributed by atoms with Gasteiger partial charge in [-0.25, -0.2) is 27.2 Å². The second-order valence-corrected chi connectivity index (χ2v) is 10.0. The number of aromatic nitrogens is 2. The highest BCUT2D eigenvalue weighted by Gasteiger charge is 2.22. The Kier molecular flexibility index (Phi) is 6.29. The average molecular weight is 534 g/mol. The first-order valence-corrected chi connectivity index (χ1v) is 12.7. The molecule has 11 heteroatoms. The molecular formula is C27H21F2N5O3S. The molecule has 0 spiro atoms. The summed E-state index contributed by atoms with van der Waals surface area (Å²) in [5.74, 6) is -1.82. The lowest BCUT2D eigenvalue weighted by Crippen LogP contribution is -2.15. The molecule has 0 amide bonds. The van der Waals surface area contributed by atoms with Gasteiger partial charge in [0.05, 0.1) is 12.6 Å². The van der Waals surface area contributed by atoms with Crippen LogP contribution < -0.4 is 20.9 Å². The Morgan fingerprint density at radius 2 is 1.68 bits per heavy atom. The van der Waals surface area contributed by atoms with Crippen molar-refractivity contribution in [2.24, 2.45) is 0 Å². The summed E-state index contributed by atoms with van der Waals surface area (Å²) in [7, 11) is -3.10. The molecule has 0 unspecified atom stereocenters. The van der Waals surface area contributed by atoms with Gasteiger partial charge in [-0.15, -0.1) is 0 Å². The Bertz CT molecular complexity index is 1810. The number of anilines is 3. The molecule has 5 rings (SSSR count). The standard InChI is InChI=1S/C27H21F2N5O3S/c1-37-27-24(34-38(35,36)25-9-7-18(28)13-21(25)29)12-17(14-32-27)15-6-8-23-16(10-15)11-20(26(31)33-23)19-4-2-3-5-22(19)30/h2-14,34H,30H2,1H3,(H2,31,33). The number of hydrogen-bond donors (Lipinski definition) is 3. The summed E-state index contributed by atoms with van der Waals surface area (Å²) >= 11 is 0. The summed E-state index contributed by atoms with van der Waals surface area (Å²) in [6.07, 6.45) is 1.51. The lowest BCUT2D eigenvalue weighted by molar-refractivity contribution is 0.400. The third-order valence-corrected chi connectivity index (χ3v) is 7.30. The van der Waals surface area contributed by atoms with Gasteiger partial charge < -0.3 is 16.2 Å². The highest BCUT2D eigenvalue weighted by molar-refractivity contribution is 7.92. The highest BCUT2D eigenvalue weighted by Crippen LogP contribution is 2.35. The van der Waals surface area contributed by atoms with Crippen LogP contribution in [0.25, 0.3) is 33.2 Å². The normalized spacial score (nSPS) is 11.4. The zero-order chi connectivity index (χ0) is 27.0. The third kappa shape index (κ3) is 4.66. The molecule has 192 valence electrons. The van der Waals surface area contributed by atoms with E-state index in [4.69, 9.17) is 16.2 Å². The van der Waals surface area contributed by atoms with E-state index in [1.54, 1.807) is 18.2 Å². The highest BCUT2D eigenvalue weighted by atomic mass is 32.2. The predicted octanol–water partition coefficient (Wildman–Crippen LogP) is 5.22. The molecule has 0 saturated heterocycles. The zero-order valence-corrected chi connectivity index (χ0v) is 20.8. The van der Waals surface area contributed by atoms with Crippen LogP contribution in [0.5, 0.6) is 5.88 Å². The monoisotopic (exact) mass is 533 g/mol. The maximum Gasteiger partial charge on any atom is 0.264 e. The Balaban J connectivity index is 1.56. The number of pyridine rings is 2. The fourth-order valence-electron chi connectivity index (χ4n) is 4.07. The molecule has 2 aromatic heterocycles. The van der Waals surface area contributed by atoms with E-state index in [0.717, 1.165) is 23.1 Å². The SMILES string of the molecule is COc1ncc(-c2ccc3nc(N)c(-c4ccccc4N)cc3c2)cc1NS(=O)(=O)c1ccc(F)cc1F. The molecule has 0 aliphatic rings. The first-order valence-electron chi connectivity index (χ1n) is 11.2. The Hall–Kier alpha value is -4.77. The van der Waals surface area contributed by atoms with E-state index >= 15 is 0 Å². The van der Waals surface area contributed by atoms with Gasteiger partial charge in [0.25, 0.3) is 10.0 Å². The number of nitrogens with one attached hydrogen (secondary N) is 1. The summed E-state index contributed by atoms with van der Waals surface area (Å²) in [4.78, 5) is 7.99. The van der Waals surface area contributed by atoms with Gasteiger partial charge in [0, 0.05) is 40.0 Å². The average Bonchev–Trinajstić information content (AvgIpc) is 2.88. The van der Waals surface area contributed by atoms with Crippen LogP contribution in [0.3, 0.4) is 0 Å². The third-order valence-electron chi connectivity index (χ3n) is 5.90. The van der Waals surface area contributed by atoms with Crippen LogP contribution in [0, 0.1) is 11.6 Å². The van der Waals surface area contributed by atoms with Crippen molar-refractivity contribution < 1.29 is 21.9 Å². The molecule has 5 aromatic rings. The number of halogens is 2. The van der Waals surface area contributed by atoms with E-state index in [-0.39, 0.29) is 11.6 Å². The minimum absolute atomic E-state index is 0.0259. The van der Waals surface area contributed by atoms with Crippen LogP contribution in [0.4, 0.5) is 26.0 Å². The minimum atomic E-state index is -4.42. The van der Waals surface area contributed by atoms with Gasteiger partial charge in [-0.1, -0.05) is 24.3 Å². The number of methoxy groups -OCH3 is 1. The molecule has 5 N–H and O–H groups in total. The predicted molar refractivity (Wildman–Crippen MR) is 143 cm³/mol. The van der Waals surface area contributed by atoms with E-state index in [2.05, 4.69) is 14.7 Å². The summed E-state index contributed by atoms with van der Waals surface area (Å²) < 4.78 is 60.7. The molecule has 0 saturated carbocycles. The van der Waals surface area contributed by atoms with Crippen LogP contribution in [-0.4, -0.2) is 25.5 Å². The number of ether oxygens (including phenoxy) is 1. The summed E-state index contributed by atoms with van der Waals surface area (Å²) in [5, 5.41) is 0.765. The minimum Gasteiger partial charge on any atom is -0.480 e. The molecular weight excluding hydrogens is 512 g/mol. The van der Waals surface area contributed by atoms with Crippen LogP contribution in [0.1, 0.15) is 0 Å². The number of nitrogen functional groups attached to an aromatic ring is 2. The second-order valence-electron chi connectivity index (χ2n) is 8.38. The maximum absolute atomic E-state index is 14.2. The number of sulfonamides is 1. The van der Waals surface area contributed by atoms with Gasteiger partial charge >= 0.3 is 0 Å². The van der Waals surface area contributed by atoms with E-state index in [9.17, 15) is 17.2 Å². The molecule has 2 heterocycles. The number of hydrogen-bond acceptors (Lipinski definition) is 7. The van der Waals surface area contributed by atoms with Crippen molar-refractivity contribution in [3.05, 3.63) is 90.6 Å². The van der Waals surface area contributed by atoms with Crippen molar-refractivity contribution >= 4 is 38.1 Å². The number of benzene rings is 3. The first-order chi connectivity index (χ1) is 18.2. The fourth-order valence-corrected chi connectivity index (χ4v) is 5.18. The smallest absolute Gasteiger partial charge is 0.264 e. The Labute approximate surface area is 217 Å². The van der Waals surface area contributed by atoms with Crippen molar-refractivity contribution in [3.8, 4) is 28.1 Å². The molecule has 8 nitrogen and oxygen atoms in total. The van der Waals surface area contributed by atoms with Crippen molar-refractivity contribution in [1.29, 1.82) is 0 Å². The quantitative estimate of drug-likeness (QED) is 0.255. The lowest BCUT2D eigenvalue weighted by atomic mass is 10.00. The van der Waals surface area contributed by atoms with Crippen molar-refractivity contribution in [1.82, 2.24) is 9.97 Å². The largest absolute Gasteiger partial charge is 0.480 e. The van der Waals surface area contributed by atoms with Crippen LogP contribution >= 0.6 is 0 Å². The molecule has 38 heavy (non-hydrogen) atoms. The number of nitrogens with zero attached hydrogens (tertiary/aromatic N) is 2. The van der Waals surface area contributed by atoms with Crippen LogP contribution in [0.2, 0.25) is 0 Å². The molecule has 3 aromatic carbocycles. The fraction of sp³-hybridized carbons (Fsp3) is 0.0370. The Morgan fingerprint density at radius 3 is 2.42 bits per heavy atom. The second kappa shape index (κ2) is 9.60. The lowest BCUT2D eigenvalue weighted by Gasteiger charge is -2.14. The zero-order valence-electron chi connectivity index (χ0n) is 19.9. The topological polar surface area (TPSA) is 133 Å². The molecule has 0 fully saturated rings. The van der Waals surface area contributed by atoms with E-state index in [0.29, 0.717) is 39.8 Å². The number of fused-ring (bicyclic) bond motifs is 1. The van der Waals surface area contributed by atoms with Gasteiger partial charge in [0.15, 0.2) is 0 Å². The molecule has 0 aliphatic carbocycles. The summed E-state index contributed by atoms with van der Waals surface area (Å²) in [5.41, 5.74) is 16.2. The van der Waals surface area contributed by atoms with E-state index in [1.807, 2.05) is 30.3 Å². The van der Waals surface area contributed by atoms with E-state index < -0.39 is 26.6 Å². The van der Waals surface area contributed by atoms with Gasteiger partial charge in [-0.05, 0) is 48.0 Å². The van der Waals surface area contributed by atoms with Crippen LogP contribution in [0.15, 0.2) is 83.9 Å². The first kappa shape index (κ1) is 24.9. The summed E-state index contributed by atoms with van der Waals surface area (Å²) in [6.45, 7) is 0. The molecule has 0 aliphatic heterocycles. The van der Waals surface area contributed by atoms with Crippen molar-refractivity contribution in [2.75, 3.05) is 23.3 Å². The molecule has 0 atom stereocenters. The summed E-state index contributed by atoms with van der Waals surface area (Å²) in [6, 6.07) is 18.3. The van der Waals surface area contributed by atoms with Crippen molar-refractivity contribution in [2.45, 2.75) is 4.90 Å². The molecule has 0 bridgehead atoms. The number of para-hydroxylation sites is 1. The Morgan fingerprint density at radius 1 is 0.895 bits per heavy atom. The van der Waals surface area contributed by atoms with Gasteiger partial charge in [0.2, 0.25) is 5.88 Å². The van der Waals surface area contributed by atoms with E-state index in [1.165, 1.54) is 19.4 Å². The van der Waals surface area contributed by atoms with Crippen LogP contribution in [-0.2, 0) is 10.0 Å². The van der Waals surface area contributed by atoms with Crippen molar-refractivity contribution in [3.63, 3.8) is 0 Å². The van der Waals surface area contributed by atoms with Gasteiger partial charge in [0.1, 0.15) is 28.0 Å². The van der Waals surface area contributed by atoms with Gasteiger partial charge in [-0.3, -0.25) is 4.72 Å². The number of rotatable bonds is 6. The molecule has 0 radical (unpaired) electrons. The van der Waals surface area contributed by atoms with Gasteiger partial charge in [-0.2, -0.15) is 0 Å².